The van der Waals surface area contributed by atoms with E-state index in [9.17, 15) is 14.7 Å². The lowest BCUT2D eigenvalue weighted by Gasteiger charge is -2.33. The number of aromatic carboxylic acids is 1. The Morgan fingerprint density at radius 3 is 2.70 bits per heavy atom. The maximum Gasteiger partial charge on any atom is 0.356 e. The quantitative estimate of drug-likeness (QED) is 0.759. The Bertz CT molecular complexity index is 880. The Kier molecular flexibility index (Phi) is 5.55. The molecule has 2 aromatic rings. The van der Waals surface area contributed by atoms with Gasteiger partial charge >= 0.3 is 5.97 Å². The second-order valence-corrected chi connectivity index (χ2v) is 6.81. The average molecular weight is 366 g/mol. The number of carbonyl (C=O) groups excluding carboxylic acids is 1. The van der Waals surface area contributed by atoms with Crippen LogP contribution in [-0.2, 0) is 6.54 Å². The zero-order valence-electron chi connectivity index (χ0n) is 15.3. The van der Waals surface area contributed by atoms with Crippen LogP contribution >= 0.6 is 0 Å². The van der Waals surface area contributed by atoms with Crippen molar-refractivity contribution in [2.45, 2.75) is 45.2 Å². The summed E-state index contributed by atoms with van der Waals surface area (Å²) in [6.07, 6.45) is 4.02. The molecule has 0 fully saturated rings. The van der Waals surface area contributed by atoms with Crippen LogP contribution in [0.2, 0.25) is 0 Å². The van der Waals surface area contributed by atoms with Gasteiger partial charge in [-0.1, -0.05) is 38.3 Å². The molecule has 1 N–H and O–H groups in total. The number of nitriles is 1. The van der Waals surface area contributed by atoms with Crippen LogP contribution in [0.5, 0.6) is 0 Å². The Morgan fingerprint density at radius 1 is 1.33 bits per heavy atom. The third-order valence-corrected chi connectivity index (χ3v) is 4.84. The molecule has 0 radical (unpaired) electrons. The van der Waals surface area contributed by atoms with Crippen LogP contribution in [0.4, 0.5) is 0 Å². The molecule has 0 spiro atoms. The number of carbonyl (C=O) groups is 2. The molecule has 1 aliphatic heterocycles. The van der Waals surface area contributed by atoms with Gasteiger partial charge in [0.25, 0.3) is 5.91 Å². The highest BCUT2D eigenvalue weighted by atomic mass is 16.4. The van der Waals surface area contributed by atoms with E-state index in [1.165, 1.54) is 6.07 Å². The van der Waals surface area contributed by atoms with E-state index in [0.717, 1.165) is 31.2 Å². The van der Waals surface area contributed by atoms with Crippen molar-refractivity contribution < 1.29 is 14.7 Å². The van der Waals surface area contributed by atoms with Gasteiger partial charge in [-0.2, -0.15) is 10.4 Å². The molecule has 27 heavy (non-hydrogen) atoms. The lowest BCUT2D eigenvalue weighted by Crippen LogP contribution is -2.42. The van der Waals surface area contributed by atoms with E-state index < -0.39 is 5.97 Å². The van der Waals surface area contributed by atoms with Crippen molar-refractivity contribution in [3.63, 3.8) is 0 Å². The number of amides is 1. The number of hydrogen-bond acceptors (Lipinski definition) is 4. The van der Waals surface area contributed by atoms with E-state index >= 15 is 0 Å². The molecular formula is C20H22N4O3. The van der Waals surface area contributed by atoms with E-state index in [4.69, 9.17) is 5.26 Å². The van der Waals surface area contributed by atoms with Crippen molar-refractivity contribution in [2.75, 3.05) is 6.54 Å². The third-order valence-electron chi connectivity index (χ3n) is 4.84. The number of benzene rings is 1. The number of aromatic nitrogens is 2. The van der Waals surface area contributed by atoms with Crippen molar-refractivity contribution >= 4 is 11.9 Å². The molecule has 1 unspecified atom stereocenters. The molecule has 3 rings (SSSR count). The monoisotopic (exact) mass is 366 g/mol. The van der Waals surface area contributed by atoms with E-state index in [2.05, 4.69) is 18.1 Å². The number of nitrogens with zero attached hydrogens (tertiary/aromatic N) is 4. The maximum atomic E-state index is 12.9. The number of rotatable bonds is 7. The Morgan fingerprint density at radius 2 is 2.07 bits per heavy atom. The van der Waals surface area contributed by atoms with E-state index in [1.54, 1.807) is 21.7 Å². The minimum Gasteiger partial charge on any atom is -0.476 e. The number of carboxylic acid groups (broad SMARTS) is 1. The molecule has 0 aliphatic carbocycles. The molecule has 1 aliphatic rings. The summed E-state index contributed by atoms with van der Waals surface area (Å²) in [6.45, 7) is 3.04. The Hall–Kier alpha value is -3.14. The standard InChI is InChI=1S/C20H22N4O3/c1-2-3-4-5-16-13-23(12-15-8-6-14(11-21)7-9-15)19(25)18-10-17(20(26)27)22-24(16)18/h6-10,16H,2-5,12-13H2,1H3,(H,26,27). The van der Waals surface area contributed by atoms with Crippen LogP contribution < -0.4 is 0 Å². The number of hydrogen-bond donors (Lipinski definition) is 1. The lowest BCUT2D eigenvalue weighted by atomic mass is 10.0. The lowest BCUT2D eigenvalue weighted by molar-refractivity contribution is 0.0628. The summed E-state index contributed by atoms with van der Waals surface area (Å²) in [7, 11) is 0. The summed E-state index contributed by atoms with van der Waals surface area (Å²) in [5.74, 6) is -1.35. The molecule has 1 aromatic carbocycles. The Balaban J connectivity index is 1.85. The first-order valence-electron chi connectivity index (χ1n) is 9.14. The molecule has 1 amide bonds. The second-order valence-electron chi connectivity index (χ2n) is 6.81. The van der Waals surface area contributed by atoms with Crippen LogP contribution in [0.3, 0.4) is 0 Å². The van der Waals surface area contributed by atoms with E-state index in [1.807, 2.05) is 12.1 Å². The minimum atomic E-state index is -1.13. The zero-order chi connectivity index (χ0) is 19.4. The zero-order valence-corrected chi connectivity index (χ0v) is 15.3. The Labute approximate surface area is 157 Å². The van der Waals surface area contributed by atoms with Crippen LogP contribution in [0.1, 0.15) is 70.8 Å². The summed E-state index contributed by atoms with van der Waals surface area (Å²) in [5, 5.41) is 22.3. The predicted octanol–water partition coefficient (Wildman–Crippen LogP) is 3.23. The fourth-order valence-electron chi connectivity index (χ4n) is 3.40. The maximum absolute atomic E-state index is 12.9. The van der Waals surface area contributed by atoms with E-state index in [-0.39, 0.29) is 17.6 Å². The van der Waals surface area contributed by atoms with Crippen LogP contribution in [-0.4, -0.2) is 38.2 Å². The highest BCUT2D eigenvalue weighted by Gasteiger charge is 2.33. The van der Waals surface area contributed by atoms with Gasteiger partial charge in [-0.25, -0.2) is 4.79 Å². The summed E-state index contributed by atoms with van der Waals surface area (Å²) in [4.78, 5) is 25.9. The molecule has 140 valence electrons. The van der Waals surface area contributed by atoms with Crippen molar-refractivity contribution in [1.82, 2.24) is 14.7 Å². The first-order chi connectivity index (χ1) is 13.0. The second kappa shape index (κ2) is 8.04. The normalized spacial score (nSPS) is 16.1. The first-order valence-corrected chi connectivity index (χ1v) is 9.14. The topological polar surface area (TPSA) is 99.2 Å². The van der Waals surface area contributed by atoms with Gasteiger partial charge in [0, 0.05) is 19.2 Å². The van der Waals surface area contributed by atoms with Crippen LogP contribution in [0, 0.1) is 11.3 Å². The molecule has 2 heterocycles. The fraction of sp³-hybridized carbons (Fsp3) is 0.400. The van der Waals surface area contributed by atoms with Gasteiger partial charge in [-0.15, -0.1) is 0 Å². The molecule has 7 heteroatoms. The highest BCUT2D eigenvalue weighted by Crippen LogP contribution is 2.27. The molecule has 0 saturated carbocycles. The SMILES string of the molecule is CCCCCC1CN(Cc2ccc(C#N)cc2)C(=O)c2cc(C(=O)O)nn21. The summed E-state index contributed by atoms with van der Waals surface area (Å²) < 4.78 is 1.59. The number of carboxylic acids is 1. The van der Waals surface area contributed by atoms with Crippen molar-refractivity contribution in [3.8, 4) is 6.07 Å². The van der Waals surface area contributed by atoms with Gasteiger partial charge in [0.1, 0.15) is 5.69 Å². The summed E-state index contributed by atoms with van der Waals surface area (Å²) in [5.41, 5.74) is 1.74. The molecular weight excluding hydrogens is 344 g/mol. The molecule has 0 saturated heterocycles. The van der Waals surface area contributed by atoms with E-state index in [0.29, 0.717) is 24.3 Å². The highest BCUT2D eigenvalue weighted by molar-refractivity contribution is 5.96. The molecule has 1 atom stereocenters. The third kappa shape index (κ3) is 4.00. The van der Waals surface area contributed by atoms with Crippen molar-refractivity contribution in [3.05, 3.63) is 52.8 Å². The summed E-state index contributed by atoms with van der Waals surface area (Å²) >= 11 is 0. The van der Waals surface area contributed by atoms with Gasteiger partial charge in [0.2, 0.25) is 0 Å². The fourth-order valence-corrected chi connectivity index (χ4v) is 3.40. The van der Waals surface area contributed by atoms with Gasteiger partial charge in [-0.05, 0) is 24.1 Å². The molecule has 1 aromatic heterocycles. The molecule has 7 nitrogen and oxygen atoms in total. The van der Waals surface area contributed by atoms with Gasteiger partial charge in [-0.3, -0.25) is 9.48 Å². The minimum absolute atomic E-state index is 0.0317. The number of fused-ring (bicyclic) bond motifs is 1. The van der Waals surface area contributed by atoms with Crippen LogP contribution in [0.25, 0.3) is 0 Å². The first kappa shape index (κ1) is 18.6. The van der Waals surface area contributed by atoms with Gasteiger partial charge < -0.3 is 10.0 Å². The smallest absolute Gasteiger partial charge is 0.356 e. The molecule has 0 bridgehead atoms. The van der Waals surface area contributed by atoms with Crippen LogP contribution in [0.15, 0.2) is 30.3 Å². The van der Waals surface area contributed by atoms with Gasteiger partial charge in [0.15, 0.2) is 5.69 Å². The van der Waals surface area contributed by atoms with Crippen molar-refractivity contribution in [2.24, 2.45) is 0 Å². The van der Waals surface area contributed by atoms with Crippen molar-refractivity contribution in [1.29, 1.82) is 5.26 Å². The number of unbranched alkanes of at least 4 members (excludes halogenated alkanes) is 2. The largest absolute Gasteiger partial charge is 0.476 e. The predicted molar refractivity (Wildman–Crippen MR) is 98.3 cm³/mol. The average Bonchev–Trinajstić information content (AvgIpc) is 3.12. The van der Waals surface area contributed by atoms with Gasteiger partial charge in [0.05, 0.1) is 17.7 Å². The summed E-state index contributed by atoms with van der Waals surface area (Å²) in [6, 6.07) is 10.6.